The van der Waals surface area contributed by atoms with Gasteiger partial charge in [-0.2, -0.15) is 0 Å². The molecule has 100 valence electrons. The molecule has 0 saturated carbocycles. The molecule has 1 aliphatic heterocycles. The van der Waals surface area contributed by atoms with E-state index in [1.54, 1.807) is 11.8 Å². The Labute approximate surface area is 97.3 Å². The molecule has 0 spiro atoms. The molecule has 1 heterocycles. The molecular weight excluding hydrogens is 239 g/mol. The summed E-state index contributed by atoms with van der Waals surface area (Å²) in [5.74, 6) is -0.968. The first-order valence-corrected chi connectivity index (χ1v) is 5.51. The molecule has 0 aromatic heterocycles. The highest BCUT2D eigenvalue weighted by Crippen LogP contribution is 2.32. The number of hydrogen-bond acceptors (Lipinski definition) is 3. The molecule has 0 radical (unpaired) electrons. The number of aliphatic carboxylic acids is 1. The Morgan fingerprint density at radius 2 is 2.18 bits per heavy atom. The predicted octanol–water partition coefficient (Wildman–Crippen LogP) is 1.85. The molecule has 1 unspecified atom stereocenters. The third-order valence-electron chi connectivity index (χ3n) is 3.23. The summed E-state index contributed by atoms with van der Waals surface area (Å²) in [7, 11) is 0. The topological polar surface area (TPSA) is 49.8 Å². The van der Waals surface area contributed by atoms with E-state index < -0.39 is 24.5 Å². The highest BCUT2D eigenvalue weighted by atomic mass is 19.4. The van der Waals surface area contributed by atoms with Gasteiger partial charge < -0.3 is 5.11 Å². The van der Waals surface area contributed by atoms with Crippen molar-refractivity contribution in [2.75, 3.05) is 19.7 Å². The van der Waals surface area contributed by atoms with Crippen LogP contribution >= 0.6 is 0 Å². The van der Waals surface area contributed by atoms with Gasteiger partial charge in [-0.05, 0) is 25.8 Å². The minimum absolute atomic E-state index is 0.0142. The fourth-order valence-corrected chi connectivity index (χ4v) is 2.33. The fourth-order valence-electron chi connectivity index (χ4n) is 2.33. The largest absolute Gasteiger partial charge is 0.522 e. The molecule has 0 aromatic carbocycles. The maximum atomic E-state index is 11.8. The zero-order chi connectivity index (χ0) is 13.1. The summed E-state index contributed by atoms with van der Waals surface area (Å²) in [4.78, 5) is 12.8. The van der Waals surface area contributed by atoms with Gasteiger partial charge in [0.2, 0.25) is 0 Å². The maximum Gasteiger partial charge on any atom is 0.522 e. The van der Waals surface area contributed by atoms with E-state index in [1.807, 2.05) is 0 Å². The summed E-state index contributed by atoms with van der Waals surface area (Å²) in [5.41, 5.74) is -1.02. The molecular formula is C10H16F3NO3. The van der Waals surface area contributed by atoms with Gasteiger partial charge in [0.1, 0.15) is 5.54 Å². The third kappa shape index (κ3) is 3.32. The number of carbonyl (C=O) groups is 1. The van der Waals surface area contributed by atoms with Crippen LogP contribution in [-0.4, -0.2) is 47.6 Å². The van der Waals surface area contributed by atoms with Crippen LogP contribution in [0, 0.1) is 0 Å². The molecule has 1 fully saturated rings. The Kier molecular flexibility index (Phi) is 4.37. The van der Waals surface area contributed by atoms with Crippen molar-refractivity contribution in [1.29, 1.82) is 0 Å². The molecule has 0 bridgehead atoms. The number of rotatable bonds is 5. The maximum absolute atomic E-state index is 11.8. The lowest BCUT2D eigenvalue weighted by molar-refractivity contribution is -0.325. The van der Waals surface area contributed by atoms with Gasteiger partial charge in [0.05, 0.1) is 6.61 Å². The second-order valence-corrected chi connectivity index (χ2v) is 4.08. The number of carboxylic acids is 1. The SMILES string of the molecule is CCC1(C(=O)O)CCCN1CCOC(F)(F)F. The van der Waals surface area contributed by atoms with Crippen molar-refractivity contribution in [3.63, 3.8) is 0 Å². The summed E-state index contributed by atoms with van der Waals surface area (Å²) >= 11 is 0. The molecule has 1 rings (SSSR count). The average molecular weight is 255 g/mol. The zero-order valence-corrected chi connectivity index (χ0v) is 9.59. The van der Waals surface area contributed by atoms with Crippen molar-refractivity contribution in [2.24, 2.45) is 0 Å². The molecule has 1 N–H and O–H groups in total. The number of ether oxygens (including phenoxy) is 1. The first-order valence-electron chi connectivity index (χ1n) is 5.51. The van der Waals surface area contributed by atoms with E-state index in [1.165, 1.54) is 0 Å². The van der Waals surface area contributed by atoms with E-state index in [0.717, 1.165) is 0 Å². The van der Waals surface area contributed by atoms with Crippen LogP contribution in [0.4, 0.5) is 13.2 Å². The first-order chi connectivity index (χ1) is 7.82. The number of alkyl halides is 3. The van der Waals surface area contributed by atoms with Crippen molar-refractivity contribution in [3.05, 3.63) is 0 Å². The Balaban J connectivity index is 2.55. The normalized spacial score (nSPS) is 26.4. The van der Waals surface area contributed by atoms with E-state index in [9.17, 15) is 23.1 Å². The van der Waals surface area contributed by atoms with Crippen LogP contribution in [0.5, 0.6) is 0 Å². The summed E-state index contributed by atoms with van der Waals surface area (Å²) in [5, 5.41) is 9.19. The van der Waals surface area contributed by atoms with Gasteiger partial charge in [0, 0.05) is 6.54 Å². The second kappa shape index (κ2) is 5.22. The smallest absolute Gasteiger partial charge is 0.480 e. The van der Waals surface area contributed by atoms with E-state index in [-0.39, 0.29) is 6.54 Å². The second-order valence-electron chi connectivity index (χ2n) is 4.08. The molecule has 0 amide bonds. The summed E-state index contributed by atoms with van der Waals surface area (Å²) in [6.07, 6.45) is -3.11. The van der Waals surface area contributed by atoms with Gasteiger partial charge in [0.25, 0.3) is 0 Å². The highest BCUT2D eigenvalue weighted by Gasteiger charge is 2.46. The quantitative estimate of drug-likeness (QED) is 0.814. The Morgan fingerprint density at radius 1 is 1.53 bits per heavy atom. The lowest BCUT2D eigenvalue weighted by Crippen LogP contribution is -2.51. The molecule has 4 nitrogen and oxygen atoms in total. The number of halogens is 3. The molecule has 1 aliphatic rings. The zero-order valence-electron chi connectivity index (χ0n) is 9.59. The Bertz CT molecular complexity index is 282. The Hall–Kier alpha value is -0.820. The van der Waals surface area contributed by atoms with Crippen LogP contribution < -0.4 is 0 Å². The van der Waals surface area contributed by atoms with Crippen molar-refractivity contribution in [2.45, 2.75) is 38.1 Å². The van der Waals surface area contributed by atoms with E-state index in [4.69, 9.17) is 0 Å². The Morgan fingerprint density at radius 3 is 2.65 bits per heavy atom. The van der Waals surface area contributed by atoms with Crippen LogP contribution in [0.25, 0.3) is 0 Å². The van der Waals surface area contributed by atoms with E-state index in [2.05, 4.69) is 4.74 Å². The van der Waals surface area contributed by atoms with Crippen LogP contribution in [0.15, 0.2) is 0 Å². The van der Waals surface area contributed by atoms with Gasteiger partial charge in [-0.3, -0.25) is 14.4 Å². The molecule has 1 atom stereocenters. The number of likely N-dealkylation sites (tertiary alicyclic amines) is 1. The first kappa shape index (κ1) is 14.2. The summed E-state index contributed by atoms with van der Waals surface area (Å²) < 4.78 is 39.1. The third-order valence-corrected chi connectivity index (χ3v) is 3.23. The molecule has 0 aliphatic carbocycles. The average Bonchev–Trinajstić information content (AvgIpc) is 2.60. The van der Waals surface area contributed by atoms with Crippen molar-refractivity contribution in [1.82, 2.24) is 4.90 Å². The van der Waals surface area contributed by atoms with Crippen molar-refractivity contribution in [3.8, 4) is 0 Å². The van der Waals surface area contributed by atoms with Crippen LogP contribution in [0.2, 0.25) is 0 Å². The summed E-state index contributed by atoms with van der Waals surface area (Å²) in [6.45, 7) is 1.69. The number of hydrogen-bond donors (Lipinski definition) is 1. The molecule has 7 heteroatoms. The minimum atomic E-state index is -4.65. The molecule has 0 aromatic rings. The lowest BCUT2D eigenvalue weighted by Gasteiger charge is -2.33. The lowest BCUT2D eigenvalue weighted by atomic mass is 9.93. The van der Waals surface area contributed by atoms with Gasteiger partial charge >= 0.3 is 12.3 Å². The standard InChI is InChI=1S/C10H16F3NO3/c1-2-9(8(15)16)4-3-5-14(9)6-7-17-10(11,12)13/h2-7H2,1H3,(H,15,16). The van der Waals surface area contributed by atoms with E-state index >= 15 is 0 Å². The van der Waals surface area contributed by atoms with Crippen LogP contribution in [0.1, 0.15) is 26.2 Å². The van der Waals surface area contributed by atoms with Gasteiger partial charge in [-0.1, -0.05) is 6.92 Å². The fraction of sp³-hybridized carbons (Fsp3) is 0.900. The van der Waals surface area contributed by atoms with Crippen molar-refractivity contribution >= 4 is 5.97 Å². The van der Waals surface area contributed by atoms with Crippen LogP contribution in [-0.2, 0) is 9.53 Å². The van der Waals surface area contributed by atoms with Gasteiger partial charge in [0.15, 0.2) is 0 Å². The van der Waals surface area contributed by atoms with Gasteiger partial charge in [-0.15, -0.1) is 13.2 Å². The van der Waals surface area contributed by atoms with Gasteiger partial charge in [-0.25, -0.2) is 0 Å². The number of carboxylic acid groups (broad SMARTS) is 1. The summed E-state index contributed by atoms with van der Waals surface area (Å²) in [6, 6.07) is 0. The van der Waals surface area contributed by atoms with Crippen LogP contribution in [0.3, 0.4) is 0 Å². The minimum Gasteiger partial charge on any atom is -0.480 e. The predicted molar refractivity (Wildman–Crippen MR) is 53.5 cm³/mol. The highest BCUT2D eigenvalue weighted by molar-refractivity contribution is 5.79. The van der Waals surface area contributed by atoms with Crippen molar-refractivity contribution < 1.29 is 27.8 Å². The van der Waals surface area contributed by atoms with E-state index in [0.29, 0.717) is 25.8 Å². The monoisotopic (exact) mass is 255 g/mol. The number of nitrogens with zero attached hydrogens (tertiary/aromatic N) is 1. The molecule has 17 heavy (non-hydrogen) atoms. The molecule has 1 saturated heterocycles.